The maximum Gasteiger partial charge on any atom is 0.358 e. The molecule has 21 heavy (non-hydrogen) atoms. The largest absolute Gasteiger partial charge is 0.464 e. The number of carbonyl (C=O) groups excluding carboxylic acids is 1. The van der Waals surface area contributed by atoms with Crippen molar-refractivity contribution in [2.24, 2.45) is 0 Å². The van der Waals surface area contributed by atoms with E-state index < -0.39 is 11.6 Å². The van der Waals surface area contributed by atoms with E-state index in [0.29, 0.717) is 25.3 Å². The number of hydrogen-bond donors (Lipinski definition) is 3. The minimum absolute atomic E-state index is 0.367. The molecule has 2 aliphatic heterocycles. The predicted octanol–water partition coefficient (Wildman–Crippen LogP) is -0.331. The summed E-state index contributed by atoms with van der Waals surface area (Å²) in [4.78, 5) is 13.9. The molecule has 116 valence electrons. The average Bonchev–Trinajstić information content (AvgIpc) is 2.90. The number of aromatic nitrogens is 2. The molecule has 0 spiro atoms. The Bertz CT molecular complexity index is 522. The first-order valence-corrected chi connectivity index (χ1v) is 7.41. The van der Waals surface area contributed by atoms with Crippen LogP contribution < -0.4 is 5.32 Å². The molecule has 1 fully saturated rings. The number of nitrogens with one attached hydrogen (secondary N) is 2. The number of ether oxygens (including phenoxy) is 1. The molecule has 2 aliphatic rings. The molecule has 0 radical (unpaired) electrons. The summed E-state index contributed by atoms with van der Waals surface area (Å²) in [6, 6.07) is 0. The Labute approximate surface area is 123 Å². The minimum atomic E-state index is -0.676. The van der Waals surface area contributed by atoms with E-state index in [2.05, 4.69) is 20.4 Å². The summed E-state index contributed by atoms with van der Waals surface area (Å²) < 4.78 is 4.77. The van der Waals surface area contributed by atoms with Crippen LogP contribution in [0.3, 0.4) is 0 Å². The van der Waals surface area contributed by atoms with Crippen LogP contribution in [-0.2, 0) is 17.7 Å². The van der Waals surface area contributed by atoms with Crippen molar-refractivity contribution in [3.05, 3.63) is 17.0 Å². The van der Waals surface area contributed by atoms with Crippen molar-refractivity contribution in [2.45, 2.75) is 31.4 Å². The van der Waals surface area contributed by atoms with Crippen LogP contribution in [0.25, 0.3) is 0 Å². The average molecular weight is 294 g/mol. The normalized spacial score (nSPS) is 26.4. The van der Waals surface area contributed by atoms with Gasteiger partial charge in [0.15, 0.2) is 5.69 Å². The van der Waals surface area contributed by atoms with Gasteiger partial charge < -0.3 is 15.2 Å². The fourth-order valence-electron chi connectivity index (χ4n) is 3.25. The molecule has 0 aromatic carbocycles. The Morgan fingerprint density at radius 3 is 3.14 bits per heavy atom. The van der Waals surface area contributed by atoms with Crippen LogP contribution in [0.4, 0.5) is 0 Å². The summed E-state index contributed by atoms with van der Waals surface area (Å²) in [7, 11) is 1.36. The second-order valence-corrected chi connectivity index (χ2v) is 5.99. The number of fused-ring (bicyclic) bond motifs is 1. The second kappa shape index (κ2) is 5.75. The molecule has 7 heteroatoms. The number of esters is 1. The van der Waals surface area contributed by atoms with E-state index in [0.717, 1.165) is 43.6 Å². The van der Waals surface area contributed by atoms with Gasteiger partial charge in [-0.25, -0.2) is 4.79 Å². The highest BCUT2D eigenvalue weighted by molar-refractivity contribution is 5.89. The highest BCUT2D eigenvalue weighted by atomic mass is 16.5. The van der Waals surface area contributed by atoms with Crippen LogP contribution in [0.5, 0.6) is 0 Å². The van der Waals surface area contributed by atoms with E-state index in [1.165, 1.54) is 7.11 Å². The van der Waals surface area contributed by atoms with Crippen LogP contribution in [-0.4, -0.2) is 65.1 Å². The van der Waals surface area contributed by atoms with Gasteiger partial charge >= 0.3 is 5.97 Å². The van der Waals surface area contributed by atoms with Crippen molar-refractivity contribution in [1.29, 1.82) is 0 Å². The van der Waals surface area contributed by atoms with Crippen molar-refractivity contribution in [3.63, 3.8) is 0 Å². The summed E-state index contributed by atoms with van der Waals surface area (Å²) in [5.74, 6) is -0.410. The Balaban J connectivity index is 1.71. The first-order chi connectivity index (χ1) is 10.1. The van der Waals surface area contributed by atoms with Gasteiger partial charge in [-0.05, 0) is 19.4 Å². The number of hydrogen-bond acceptors (Lipinski definition) is 6. The van der Waals surface area contributed by atoms with Gasteiger partial charge in [-0.1, -0.05) is 0 Å². The molecule has 3 heterocycles. The molecule has 1 aromatic heterocycles. The Kier molecular flexibility index (Phi) is 3.97. The van der Waals surface area contributed by atoms with Crippen molar-refractivity contribution >= 4 is 5.97 Å². The lowest BCUT2D eigenvalue weighted by Crippen LogP contribution is -2.53. The number of methoxy groups -OCH3 is 1. The first kappa shape index (κ1) is 14.5. The third kappa shape index (κ3) is 2.95. The molecule has 1 aromatic rings. The number of nitrogens with zero attached hydrogens (tertiary/aromatic N) is 2. The van der Waals surface area contributed by atoms with E-state index in [1.807, 2.05) is 0 Å². The smallest absolute Gasteiger partial charge is 0.358 e. The van der Waals surface area contributed by atoms with Crippen LogP contribution in [0.1, 0.15) is 34.6 Å². The van der Waals surface area contributed by atoms with Crippen molar-refractivity contribution < 1.29 is 14.6 Å². The van der Waals surface area contributed by atoms with Crippen molar-refractivity contribution in [2.75, 3.05) is 33.3 Å². The first-order valence-electron chi connectivity index (χ1n) is 7.41. The lowest BCUT2D eigenvalue weighted by atomic mass is 9.92. The topological polar surface area (TPSA) is 90.5 Å². The van der Waals surface area contributed by atoms with Gasteiger partial charge in [-0.15, -0.1) is 0 Å². The molecule has 0 amide bonds. The zero-order valence-electron chi connectivity index (χ0n) is 12.3. The monoisotopic (exact) mass is 294 g/mol. The molecule has 1 saturated heterocycles. The van der Waals surface area contributed by atoms with E-state index in [-0.39, 0.29) is 0 Å². The van der Waals surface area contributed by atoms with Gasteiger partial charge in [0.25, 0.3) is 0 Å². The molecule has 0 aliphatic carbocycles. The number of aliphatic hydroxyl groups is 1. The number of piperidine rings is 1. The summed E-state index contributed by atoms with van der Waals surface area (Å²) in [5, 5.41) is 20.9. The fourth-order valence-corrected chi connectivity index (χ4v) is 3.25. The Morgan fingerprint density at radius 2 is 2.43 bits per heavy atom. The summed E-state index contributed by atoms with van der Waals surface area (Å²) in [6.45, 7) is 3.70. The molecule has 0 bridgehead atoms. The number of β-amino-alcohol motifs (C(OH)–C–C–N with tert-alkyl or cyclic N) is 1. The van der Waals surface area contributed by atoms with Gasteiger partial charge in [-0.3, -0.25) is 10.00 Å². The molecule has 0 saturated carbocycles. The third-order valence-corrected chi connectivity index (χ3v) is 4.36. The lowest BCUT2D eigenvalue weighted by Gasteiger charge is -2.38. The number of H-pyrrole nitrogens is 1. The summed E-state index contributed by atoms with van der Waals surface area (Å²) in [5.41, 5.74) is 1.59. The lowest BCUT2D eigenvalue weighted by molar-refractivity contribution is -0.0186. The number of rotatable bonds is 3. The van der Waals surface area contributed by atoms with Crippen LogP contribution in [0.2, 0.25) is 0 Å². The maximum atomic E-state index is 11.7. The summed E-state index contributed by atoms with van der Waals surface area (Å²) >= 11 is 0. The van der Waals surface area contributed by atoms with E-state index in [9.17, 15) is 9.90 Å². The fraction of sp³-hybridized carbons (Fsp3) is 0.714. The Hall–Kier alpha value is -1.44. The Morgan fingerprint density at radius 1 is 1.57 bits per heavy atom. The molecule has 3 N–H and O–H groups in total. The van der Waals surface area contributed by atoms with E-state index >= 15 is 0 Å². The minimum Gasteiger partial charge on any atom is -0.464 e. The van der Waals surface area contributed by atoms with Gasteiger partial charge in [0.1, 0.15) is 0 Å². The maximum absolute atomic E-state index is 11.7. The van der Waals surface area contributed by atoms with Crippen molar-refractivity contribution in [1.82, 2.24) is 20.4 Å². The zero-order valence-corrected chi connectivity index (χ0v) is 12.3. The van der Waals surface area contributed by atoms with Gasteiger partial charge in [0.05, 0.1) is 12.7 Å². The van der Waals surface area contributed by atoms with Crippen molar-refractivity contribution in [3.8, 4) is 0 Å². The molecular weight excluding hydrogens is 272 g/mol. The quantitative estimate of drug-likeness (QED) is 0.661. The highest BCUT2D eigenvalue weighted by Crippen LogP contribution is 2.24. The van der Waals surface area contributed by atoms with E-state index in [1.54, 1.807) is 0 Å². The SMILES string of the molecule is COC(=O)c1n[nH]c2c1CN(CC1(O)CCCNC1)CC2. The van der Waals surface area contributed by atoms with Gasteiger partial charge in [-0.2, -0.15) is 5.10 Å². The molecular formula is C14H22N4O3. The van der Waals surface area contributed by atoms with Crippen LogP contribution in [0, 0.1) is 0 Å². The molecule has 1 unspecified atom stereocenters. The highest BCUT2D eigenvalue weighted by Gasteiger charge is 2.34. The zero-order chi connectivity index (χ0) is 14.9. The van der Waals surface area contributed by atoms with Crippen LogP contribution >= 0.6 is 0 Å². The van der Waals surface area contributed by atoms with Gasteiger partial charge in [0.2, 0.25) is 0 Å². The predicted molar refractivity (Wildman–Crippen MR) is 76.0 cm³/mol. The van der Waals surface area contributed by atoms with E-state index in [4.69, 9.17) is 4.74 Å². The standard InChI is InChI=1S/C14H22N4O3/c1-21-13(19)12-10-7-18(6-3-11(10)16-17-12)9-14(20)4-2-5-15-8-14/h15,20H,2-9H2,1H3,(H,16,17). The van der Waals surface area contributed by atoms with Gasteiger partial charge in [0, 0.05) is 43.9 Å². The third-order valence-electron chi connectivity index (χ3n) is 4.36. The molecule has 7 nitrogen and oxygen atoms in total. The molecule has 3 rings (SSSR count). The second-order valence-electron chi connectivity index (χ2n) is 5.99. The number of carbonyl (C=O) groups is 1. The van der Waals surface area contributed by atoms with Crippen LogP contribution in [0.15, 0.2) is 0 Å². The molecule has 1 atom stereocenters. The number of aromatic amines is 1. The summed E-state index contributed by atoms with van der Waals surface area (Å²) in [6.07, 6.45) is 2.62.